The maximum Gasteiger partial charge on any atom is 0.335 e. The van der Waals surface area contributed by atoms with Gasteiger partial charge in [-0.2, -0.15) is 0 Å². The molecule has 0 aromatic heterocycles. The summed E-state index contributed by atoms with van der Waals surface area (Å²) in [6, 6.07) is 1.10. The molecule has 0 spiro atoms. The molecule has 2 atom stereocenters. The first kappa shape index (κ1) is 15.1. The highest BCUT2D eigenvalue weighted by Crippen LogP contribution is 2.21. The molecule has 0 fully saturated rings. The van der Waals surface area contributed by atoms with Crippen LogP contribution in [-0.4, -0.2) is 20.8 Å². The van der Waals surface area contributed by atoms with Crippen molar-refractivity contribution in [1.82, 2.24) is 0 Å². The Morgan fingerprint density at radius 2 is 1.33 bits per heavy atom. The van der Waals surface area contributed by atoms with Crippen molar-refractivity contribution in [3.05, 3.63) is 0 Å². The lowest BCUT2D eigenvalue weighted by atomic mass is 10.3. The average Bonchev–Trinajstić information content (AvgIpc) is 2.17. The van der Waals surface area contributed by atoms with Crippen molar-refractivity contribution in [2.24, 2.45) is 0 Å². The number of hydrogen-bond acceptors (Lipinski definition) is 2. The molecule has 0 saturated carbocycles. The molecular weight excluding hydrogens is 204 g/mol. The van der Waals surface area contributed by atoms with Crippen LogP contribution in [0.5, 0.6) is 0 Å². The third kappa shape index (κ3) is 6.33. The Bertz CT molecular complexity index is 150. The van der Waals surface area contributed by atoms with Crippen LogP contribution < -0.4 is 0 Å². The molecule has 2 unspecified atom stereocenters. The molecule has 0 amide bonds. The second kappa shape index (κ2) is 7.42. The highest BCUT2D eigenvalue weighted by Gasteiger charge is 2.33. The first-order valence-electron chi connectivity index (χ1n) is 6.33. The summed E-state index contributed by atoms with van der Waals surface area (Å²) in [4.78, 5) is 0. The standard InChI is InChI=1S/C12H28O2Si/c1-7-10-15(6,13-11(4)8-2)14-12(5)9-3/h11-12H,7-10H2,1-6H3. The lowest BCUT2D eigenvalue weighted by molar-refractivity contribution is 0.0911. The normalized spacial score (nSPS) is 19.6. The highest BCUT2D eigenvalue weighted by molar-refractivity contribution is 6.66. The number of hydrogen-bond donors (Lipinski definition) is 0. The Morgan fingerprint density at radius 3 is 1.60 bits per heavy atom. The summed E-state index contributed by atoms with van der Waals surface area (Å²) in [6.45, 7) is 13.0. The smallest absolute Gasteiger partial charge is 0.335 e. The zero-order chi connectivity index (χ0) is 11.9. The van der Waals surface area contributed by atoms with Gasteiger partial charge < -0.3 is 8.85 Å². The second-order valence-electron chi connectivity index (χ2n) is 4.56. The summed E-state index contributed by atoms with van der Waals surface area (Å²) >= 11 is 0. The summed E-state index contributed by atoms with van der Waals surface area (Å²) in [5.41, 5.74) is 0. The Kier molecular flexibility index (Phi) is 7.48. The monoisotopic (exact) mass is 232 g/mol. The molecule has 0 aliphatic heterocycles. The molecule has 0 aromatic rings. The van der Waals surface area contributed by atoms with E-state index in [2.05, 4.69) is 41.2 Å². The van der Waals surface area contributed by atoms with Gasteiger partial charge in [0.25, 0.3) is 0 Å². The lowest BCUT2D eigenvalue weighted by Gasteiger charge is -2.32. The van der Waals surface area contributed by atoms with Crippen LogP contribution in [0.2, 0.25) is 12.6 Å². The van der Waals surface area contributed by atoms with Gasteiger partial charge in [-0.25, -0.2) is 0 Å². The largest absolute Gasteiger partial charge is 0.392 e. The Balaban J connectivity index is 4.29. The van der Waals surface area contributed by atoms with Crippen molar-refractivity contribution in [3.63, 3.8) is 0 Å². The highest BCUT2D eigenvalue weighted by atomic mass is 28.4. The van der Waals surface area contributed by atoms with Gasteiger partial charge >= 0.3 is 8.56 Å². The van der Waals surface area contributed by atoms with Crippen LogP contribution in [0, 0.1) is 0 Å². The molecule has 0 N–H and O–H groups in total. The molecule has 2 nitrogen and oxygen atoms in total. The molecule has 92 valence electrons. The van der Waals surface area contributed by atoms with Gasteiger partial charge in [0.05, 0.1) is 0 Å². The molecule has 0 bridgehead atoms. The molecule has 0 aliphatic rings. The summed E-state index contributed by atoms with van der Waals surface area (Å²) in [6.07, 6.45) is 3.94. The zero-order valence-corrected chi connectivity index (χ0v) is 12.3. The van der Waals surface area contributed by atoms with Crippen LogP contribution in [0.1, 0.15) is 53.9 Å². The van der Waals surface area contributed by atoms with E-state index in [0.717, 1.165) is 25.3 Å². The predicted molar refractivity (Wildman–Crippen MR) is 68.4 cm³/mol. The maximum atomic E-state index is 6.12. The molecule has 0 saturated heterocycles. The van der Waals surface area contributed by atoms with Crippen LogP contribution in [0.4, 0.5) is 0 Å². The van der Waals surface area contributed by atoms with Crippen molar-refractivity contribution >= 4 is 8.56 Å². The van der Waals surface area contributed by atoms with Crippen LogP contribution in [0.15, 0.2) is 0 Å². The van der Waals surface area contributed by atoms with Gasteiger partial charge in [-0.15, -0.1) is 0 Å². The van der Waals surface area contributed by atoms with Gasteiger partial charge in [0, 0.05) is 12.2 Å². The van der Waals surface area contributed by atoms with E-state index in [9.17, 15) is 0 Å². The SMILES string of the molecule is CCC[Si](C)(OC(C)CC)OC(C)CC. The fourth-order valence-corrected chi connectivity index (χ4v) is 4.85. The lowest BCUT2D eigenvalue weighted by Crippen LogP contribution is -2.43. The van der Waals surface area contributed by atoms with Crippen LogP contribution in [-0.2, 0) is 8.85 Å². The third-order valence-electron chi connectivity index (χ3n) is 2.75. The fourth-order valence-electron chi connectivity index (χ4n) is 1.62. The van der Waals surface area contributed by atoms with E-state index in [1.54, 1.807) is 0 Å². The molecular formula is C12H28O2Si. The summed E-state index contributed by atoms with van der Waals surface area (Å²) in [7, 11) is -1.92. The van der Waals surface area contributed by atoms with Crippen LogP contribution >= 0.6 is 0 Å². The minimum Gasteiger partial charge on any atom is -0.392 e. The zero-order valence-electron chi connectivity index (χ0n) is 11.3. The van der Waals surface area contributed by atoms with E-state index < -0.39 is 8.56 Å². The van der Waals surface area contributed by atoms with Gasteiger partial charge in [0.2, 0.25) is 0 Å². The predicted octanol–water partition coefficient (Wildman–Crippen LogP) is 4.10. The van der Waals surface area contributed by atoms with Gasteiger partial charge in [-0.3, -0.25) is 0 Å². The molecule has 0 rings (SSSR count). The van der Waals surface area contributed by atoms with Crippen LogP contribution in [0.3, 0.4) is 0 Å². The van der Waals surface area contributed by atoms with Crippen molar-refractivity contribution < 1.29 is 8.85 Å². The number of rotatable bonds is 8. The average molecular weight is 232 g/mol. The molecule has 0 aromatic carbocycles. The molecule has 0 aliphatic carbocycles. The molecule has 15 heavy (non-hydrogen) atoms. The van der Waals surface area contributed by atoms with Crippen molar-refractivity contribution in [2.75, 3.05) is 0 Å². The third-order valence-corrected chi connectivity index (χ3v) is 5.97. The fraction of sp³-hybridized carbons (Fsp3) is 1.00. The summed E-state index contributed by atoms with van der Waals surface area (Å²) in [5, 5.41) is 0. The van der Waals surface area contributed by atoms with E-state index in [4.69, 9.17) is 8.85 Å². The van der Waals surface area contributed by atoms with Gasteiger partial charge in [-0.1, -0.05) is 27.2 Å². The van der Waals surface area contributed by atoms with Gasteiger partial charge in [-0.05, 0) is 39.3 Å². The first-order valence-corrected chi connectivity index (χ1v) is 8.85. The van der Waals surface area contributed by atoms with Crippen molar-refractivity contribution in [3.8, 4) is 0 Å². The second-order valence-corrected chi connectivity index (χ2v) is 7.80. The molecule has 3 heteroatoms. The van der Waals surface area contributed by atoms with Crippen molar-refractivity contribution in [1.29, 1.82) is 0 Å². The quantitative estimate of drug-likeness (QED) is 0.587. The summed E-state index contributed by atoms with van der Waals surface area (Å²) < 4.78 is 12.2. The Morgan fingerprint density at radius 1 is 0.933 bits per heavy atom. The van der Waals surface area contributed by atoms with Gasteiger partial charge in [0.15, 0.2) is 0 Å². The molecule has 0 heterocycles. The molecule has 0 radical (unpaired) electrons. The van der Waals surface area contributed by atoms with Crippen molar-refractivity contribution in [2.45, 2.75) is 78.7 Å². The van der Waals surface area contributed by atoms with E-state index in [0.29, 0.717) is 12.2 Å². The maximum absolute atomic E-state index is 6.12. The summed E-state index contributed by atoms with van der Waals surface area (Å²) in [5.74, 6) is 0. The minimum atomic E-state index is -1.92. The Labute approximate surface area is 96.6 Å². The van der Waals surface area contributed by atoms with Crippen LogP contribution in [0.25, 0.3) is 0 Å². The Hall–Kier alpha value is 0.137. The van der Waals surface area contributed by atoms with E-state index in [1.165, 1.54) is 0 Å². The minimum absolute atomic E-state index is 0.331. The van der Waals surface area contributed by atoms with E-state index >= 15 is 0 Å². The first-order chi connectivity index (χ1) is 6.97. The topological polar surface area (TPSA) is 18.5 Å². The van der Waals surface area contributed by atoms with Gasteiger partial charge in [0.1, 0.15) is 0 Å². The van der Waals surface area contributed by atoms with E-state index in [1.807, 2.05) is 0 Å². The van der Waals surface area contributed by atoms with E-state index in [-0.39, 0.29) is 0 Å².